The van der Waals surface area contributed by atoms with Crippen molar-refractivity contribution in [2.45, 2.75) is 31.5 Å². The Balaban J connectivity index is 2.58. The van der Waals surface area contributed by atoms with E-state index >= 15 is 0 Å². The van der Waals surface area contributed by atoms with E-state index in [2.05, 4.69) is 10.0 Å². The number of rotatable bonds is 7. The summed E-state index contributed by atoms with van der Waals surface area (Å²) >= 11 is 0. The maximum Gasteiger partial charge on any atom is 0.322 e. The zero-order valence-corrected chi connectivity index (χ0v) is 11.9. The highest BCUT2D eigenvalue weighted by Gasteiger charge is 2.17. The molecule has 0 saturated heterocycles. The van der Waals surface area contributed by atoms with Crippen LogP contribution in [0.2, 0.25) is 0 Å². The van der Waals surface area contributed by atoms with Crippen molar-refractivity contribution in [1.82, 2.24) is 10.0 Å². The Bertz CT molecular complexity index is 523. The number of carbonyl (C=O) groups excluding carboxylic acids is 1. The Hall–Kier alpha value is -1.38. The highest BCUT2D eigenvalue weighted by Crippen LogP contribution is 2.13. The normalized spacial score (nSPS) is 13.2. The van der Waals surface area contributed by atoms with Crippen molar-refractivity contribution in [2.24, 2.45) is 0 Å². The van der Waals surface area contributed by atoms with Gasteiger partial charge in [0, 0.05) is 0 Å². The number of hydrogen-bond acceptors (Lipinski definition) is 6. The van der Waals surface area contributed by atoms with E-state index in [4.69, 9.17) is 9.15 Å². The zero-order chi connectivity index (χ0) is 14.5. The zero-order valence-electron chi connectivity index (χ0n) is 11.1. The van der Waals surface area contributed by atoms with Crippen molar-refractivity contribution in [2.75, 3.05) is 13.7 Å². The highest BCUT2D eigenvalue weighted by atomic mass is 32.2. The van der Waals surface area contributed by atoms with Gasteiger partial charge in [-0.3, -0.25) is 10.1 Å². The number of nitrogens with one attached hydrogen (secondary N) is 2. The molecule has 8 heteroatoms. The van der Waals surface area contributed by atoms with Gasteiger partial charge in [0.15, 0.2) is 0 Å². The molecule has 1 aromatic heterocycles. The smallest absolute Gasteiger partial charge is 0.322 e. The summed E-state index contributed by atoms with van der Waals surface area (Å²) in [6, 6.07) is 2.40. The van der Waals surface area contributed by atoms with Crippen LogP contribution in [0.4, 0.5) is 0 Å². The molecule has 0 radical (unpaired) electrons. The fourth-order valence-electron chi connectivity index (χ4n) is 1.30. The van der Waals surface area contributed by atoms with Crippen molar-refractivity contribution < 1.29 is 22.4 Å². The Morgan fingerprint density at radius 2 is 2.16 bits per heavy atom. The molecule has 0 aliphatic heterocycles. The van der Waals surface area contributed by atoms with E-state index in [1.54, 1.807) is 13.8 Å². The molecule has 0 spiro atoms. The van der Waals surface area contributed by atoms with Crippen molar-refractivity contribution in [3.8, 4) is 0 Å². The summed E-state index contributed by atoms with van der Waals surface area (Å²) in [6.45, 7) is 3.94. The fraction of sp³-hybridized carbons (Fsp3) is 0.545. The van der Waals surface area contributed by atoms with E-state index in [0.717, 1.165) is 0 Å². The molecule has 0 fully saturated rings. The molecule has 1 atom stereocenters. The molecule has 0 aliphatic rings. The predicted octanol–water partition coefficient (Wildman–Crippen LogP) is 0.229. The van der Waals surface area contributed by atoms with E-state index < -0.39 is 16.1 Å². The summed E-state index contributed by atoms with van der Waals surface area (Å²) in [4.78, 5) is 11.4. The van der Waals surface area contributed by atoms with Crippen LogP contribution < -0.4 is 10.0 Å². The first-order valence-electron chi connectivity index (χ1n) is 5.83. The number of sulfonamides is 1. The maximum atomic E-state index is 11.4. The molecule has 0 aromatic carbocycles. The molecule has 1 unspecified atom stereocenters. The molecular weight excluding hydrogens is 272 g/mol. The molecule has 1 rings (SSSR count). The van der Waals surface area contributed by atoms with Crippen LogP contribution >= 0.6 is 0 Å². The summed E-state index contributed by atoms with van der Waals surface area (Å²) in [6.07, 6.45) is 0. The number of ether oxygens (including phenoxy) is 1. The van der Waals surface area contributed by atoms with E-state index in [-0.39, 0.29) is 17.6 Å². The first-order valence-corrected chi connectivity index (χ1v) is 7.31. The second-order valence-electron chi connectivity index (χ2n) is 3.78. The van der Waals surface area contributed by atoms with Crippen LogP contribution in [0.25, 0.3) is 0 Å². The second kappa shape index (κ2) is 6.69. The molecule has 7 nitrogen and oxygen atoms in total. The van der Waals surface area contributed by atoms with Gasteiger partial charge >= 0.3 is 5.97 Å². The molecular formula is C11H18N2O5S. The molecule has 108 valence electrons. The molecule has 0 bridgehead atoms. The lowest BCUT2D eigenvalue weighted by Gasteiger charge is -2.11. The number of furan rings is 1. The van der Waals surface area contributed by atoms with Crippen LogP contribution in [0, 0.1) is 0 Å². The quantitative estimate of drug-likeness (QED) is 0.698. The maximum absolute atomic E-state index is 11.4. The van der Waals surface area contributed by atoms with E-state index in [0.29, 0.717) is 12.4 Å². The van der Waals surface area contributed by atoms with Crippen molar-refractivity contribution in [3.05, 3.63) is 17.9 Å². The fourth-order valence-corrected chi connectivity index (χ4v) is 1.97. The summed E-state index contributed by atoms with van der Waals surface area (Å²) < 4.78 is 35.0. The van der Waals surface area contributed by atoms with E-state index in [1.165, 1.54) is 19.2 Å². The molecule has 1 heterocycles. The summed E-state index contributed by atoms with van der Waals surface area (Å²) in [7, 11) is -2.27. The third-order valence-electron chi connectivity index (χ3n) is 2.39. The molecule has 1 aromatic rings. The topological polar surface area (TPSA) is 97.6 Å². The van der Waals surface area contributed by atoms with Crippen molar-refractivity contribution >= 4 is 16.0 Å². The highest BCUT2D eigenvalue weighted by molar-refractivity contribution is 7.89. The van der Waals surface area contributed by atoms with Crippen LogP contribution in [-0.4, -0.2) is 34.1 Å². The average molecular weight is 290 g/mol. The first kappa shape index (κ1) is 15.7. The lowest BCUT2D eigenvalue weighted by atomic mass is 10.3. The Morgan fingerprint density at radius 3 is 2.74 bits per heavy atom. The third-order valence-corrected chi connectivity index (χ3v) is 3.68. The average Bonchev–Trinajstić information content (AvgIpc) is 2.85. The minimum Gasteiger partial charge on any atom is -0.465 e. The van der Waals surface area contributed by atoms with Gasteiger partial charge in [0.2, 0.25) is 5.09 Å². The molecule has 19 heavy (non-hydrogen) atoms. The predicted molar refractivity (Wildman–Crippen MR) is 67.9 cm³/mol. The van der Waals surface area contributed by atoms with Gasteiger partial charge in [0.1, 0.15) is 11.8 Å². The summed E-state index contributed by atoms with van der Waals surface area (Å²) in [5, 5.41) is 2.73. The lowest BCUT2D eigenvalue weighted by molar-refractivity contribution is -0.145. The lowest BCUT2D eigenvalue weighted by Crippen LogP contribution is -2.34. The van der Waals surface area contributed by atoms with Gasteiger partial charge in [-0.15, -0.1) is 0 Å². The standard InChI is InChI=1S/C11H18N2O5S/c1-4-17-11(14)8(2)13-7-9-5-6-10(18-9)19(15,16)12-3/h5-6,8,12-13H,4,7H2,1-3H3. The van der Waals surface area contributed by atoms with E-state index in [1.807, 2.05) is 0 Å². The van der Waals surface area contributed by atoms with Gasteiger partial charge in [-0.1, -0.05) is 0 Å². The van der Waals surface area contributed by atoms with Crippen LogP contribution in [0.3, 0.4) is 0 Å². The number of esters is 1. The Labute approximate surface area is 112 Å². The number of carbonyl (C=O) groups is 1. The van der Waals surface area contributed by atoms with Gasteiger partial charge in [-0.2, -0.15) is 0 Å². The van der Waals surface area contributed by atoms with Crippen molar-refractivity contribution in [3.63, 3.8) is 0 Å². The molecule has 0 saturated carbocycles. The first-order chi connectivity index (χ1) is 8.90. The van der Waals surface area contributed by atoms with Crippen molar-refractivity contribution in [1.29, 1.82) is 0 Å². The number of hydrogen-bond donors (Lipinski definition) is 2. The monoisotopic (exact) mass is 290 g/mol. The Morgan fingerprint density at radius 1 is 1.47 bits per heavy atom. The second-order valence-corrected chi connectivity index (χ2v) is 5.60. The summed E-state index contributed by atoms with van der Waals surface area (Å²) in [5.41, 5.74) is 0. The van der Waals surface area contributed by atoms with Crippen LogP contribution in [0.5, 0.6) is 0 Å². The molecule has 0 aliphatic carbocycles. The third kappa shape index (κ3) is 4.34. The summed E-state index contributed by atoms with van der Waals surface area (Å²) in [5.74, 6) is 0.0575. The largest absolute Gasteiger partial charge is 0.465 e. The minimum atomic E-state index is -3.58. The van der Waals surface area contributed by atoms with Crippen LogP contribution in [0.1, 0.15) is 19.6 Å². The van der Waals surface area contributed by atoms with Crippen LogP contribution in [-0.2, 0) is 26.1 Å². The molecule has 2 N–H and O–H groups in total. The minimum absolute atomic E-state index is 0.157. The van der Waals surface area contributed by atoms with Gasteiger partial charge < -0.3 is 9.15 Å². The van der Waals surface area contributed by atoms with Gasteiger partial charge in [-0.25, -0.2) is 13.1 Å². The Kier molecular flexibility index (Phi) is 5.52. The van der Waals surface area contributed by atoms with Gasteiger partial charge in [0.25, 0.3) is 10.0 Å². The molecule has 0 amide bonds. The van der Waals surface area contributed by atoms with Gasteiger partial charge in [-0.05, 0) is 33.0 Å². The van der Waals surface area contributed by atoms with Crippen LogP contribution in [0.15, 0.2) is 21.6 Å². The SMILES string of the molecule is CCOC(=O)C(C)NCc1ccc(S(=O)(=O)NC)o1. The van der Waals surface area contributed by atoms with E-state index in [9.17, 15) is 13.2 Å². The van der Waals surface area contributed by atoms with Gasteiger partial charge in [0.05, 0.1) is 13.2 Å².